The van der Waals surface area contributed by atoms with E-state index in [1.165, 1.54) is 32.1 Å². The Bertz CT molecular complexity index is 835. The Balaban J connectivity index is 0.00000195. The Labute approximate surface area is 233 Å². The minimum Gasteiger partial charge on any atom is -0.458 e. The number of hydrogen-bond acceptors (Lipinski definition) is 5. The summed E-state index contributed by atoms with van der Waals surface area (Å²) in [6, 6.07) is 0. The van der Waals surface area contributed by atoms with Crippen molar-refractivity contribution in [3.05, 3.63) is 11.6 Å². The highest BCUT2D eigenvalue weighted by Gasteiger charge is 2.59. The third kappa shape index (κ3) is 6.69. The van der Waals surface area contributed by atoms with E-state index in [1.807, 2.05) is 48.5 Å². The lowest BCUT2D eigenvalue weighted by Crippen LogP contribution is -2.54. The summed E-state index contributed by atoms with van der Waals surface area (Å²) in [6.45, 7) is 18.3. The van der Waals surface area contributed by atoms with E-state index < -0.39 is 17.3 Å². The van der Waals surface area contributed by atoms with Crippen molar-refractivity contribution in [2.75, 3.05) is 6.61 Å². The molecule has 0 bridgehead atoms. The van der Waals surface area contributed by atoms with Crippen molar-refractivity contribution < 1.29 is 24.5 Å². The molecule has 7 unspecified atom stereocenters. The topological polar surface area (TPSA) is 76.0 Å². The van der Waals surface area contributed by atoms with Gasteiger partial charge < -0.3 is 19.7 Å². The molecule has 3 saturated carbocycles. The molecule has 5 heteroatoms. The van der Waals surface area contributed by atoms with Crippen LogP contribution in [0, 0.1) is 34.5 Å². The fraction of sp³-hybridized carbons (Fsp3) is 0.909. The maximum absolute atomic E-state index is 12.2. The molecule has 0 aromatic heterocycles. The first-order valence-corrected chi connectivity index (χ1v) is 15.6. The lowest BCUT2D eigenvalue weighted by molar-refractivity contribution is -0.166. The lowest BCUT2D eigenvalue weighted by atomic mass is 9.47. The molecular formula is C33H58O5. The van der Waals surface area contributed by atoms with Crippen molar-refractivity contribution in [2.24, 2.45) is 34.5 Å². The van der Waals surface area contributed by atoms with E-state index in [1.54, 1.807) is 0 Å². The van der Waals surface area contributed by atoms with Gasteiger partial charge in [-0.1, -0.05) is 40.2 Å². The number of hydrogen-bond donors (Lipinski definition) is 2. The van der Waals surface area contributed by atoms with Gasteiger partial charge in [-0.3, -0.25) is 0 Å². The molecule has 8 atom stereocenters. The van der Waals surface area contributed by atoms with E-state index >= 15 is 0 Å². The van der Waals surface area contributed by atoms with Crippen LogP contribution in [0.1, 0.15) is 127 Å². The smallest absolute Gasteiger partial charge is 0.332 e. The second kappa shape index (κ2) is 11.9. The van der Waals surface area contributed by atoms with Crippen LogP contribution in [-0.2, 0) is 14.3 Å². The average molecular weight is 535 g/mol. The maximum atomic E-state index is 12.2. The van der Waals surface area contributed by atoms with Crippen molar-refractivity contribution in [2.45, 2.75) is 150 Å². The van der Waals surface area contributed by atoms with E-state index in [-0.39, 0.29) is 24.1 Å². The number of allylic oxidation sites excluding steroid dienone is 1. The molecule has 0 aromatic carbocycles. The first kappa shape index (κ1) is 31.6. The standard InChI is InChI=1S/C31H52O5.C2H6/c1-28(2,3)36-26(32)19-35-25-15-18-31(7)23-14-17-30(6)20(9-8-16-29(4,5)34)10-12-22(30)21(23)11-13-24(31)27(25)33;1-2/h13,20-23,25,27,33-34H,8-12,14-19H2,1-7H3;1-2H3/t20?,21?,22?,23?,25-,27?,30?,31?;/m0./s1. The number of carbonyl (C=O) groups excluding carboxylic acids is 1. The zero-order valence-electron chi connectivity index (χ0n) is 25.9. The van der Waals surface area contributed by atoms with E-state index in [9.17, 15) is 15.0 Å². The van der Waals surface area contributed by atoms with Crippen molar-refractivity contribution in [3.63, 3.8) is 0 Å². The van der Waals surface area contributed by atoms with Gasteiger partial charge in [0.1, 0.15) is 18.3 Å². The Kier molecular flexibility index (Phi) is 9.91. The van der Waals surface area contributed by atoms with E-state index in [2.05, 4.69) is 19.9 Å². The Hall–Kier alpha value is -0.910. The number of aliphatic hydroxyl groups excluding tert-OH is 1. The van der Waals surface area contributed by atoms with Gasteiger partial charge in [-0.25, -0.2) is 4.79 Å². The maximum Gasteiger partial charge on any atom is 0.332 e. The molecule has 4 aliphatic rings. The number of carbonyl (C=O) groups is 1. The third-order valence-corrected chi connectivity index (χ3v) is 10.5. The number of rotatable bonds is 7. The number of esters is 1. The Morgan fingerprint density at radius 2 is 1.71 bits per heavy atom. The van der Waals surface area contributed by atoms with Gasteiger partial charge in [0, 0.05) is 0 Å². The molecule has 0 radical (unpaired) electrons. The second-order valence-electron chi connectivity index (χ2n) is 14.6. The van der Waals surface area contributed by atoms with Gasteiger partial charge >= 0.3 is 5.97 Å². The number of fused-ring (bicyclic) bond motifs is 5. The van der Waals surface area contributed by atoms with Gasteiger partial charge in [-0.2, -0.15) is 0 Å². The largest absolute Gasteiger partial charge is 0.458 e. The van der Waals surface area contributed by atoms with Gasteiger partial charge in [-0.15, -0.1) is 0 Å². The van der Waals surface area contributed by atoms with Crippen LogP contribution in [0.4, 0.5) is 0 Å². The van der Waals surface area contributed by atoms with Crippen LogP contribution in [0.15, 0.2) is 11.6 Å². The molecule has 0 heterocycles. The van der Waals surface area contributed by atoms with Gasteiger partial charge in [-0.05, 0) is 132 Å². The van der Waals surface area contributed by atoms with Crippen LogP contribution in [0.5, 0.6) is 0 Å². The molecule has 0 amide bonds. The zero-order valence-corrected chi connectivity index (χ0v) is 25.9. The molecule has 3 fully saturated rings. The molecule has 4 rings (SSSR count). The first-order valence-electron chi connectivity index (χ1n) is 15.6. The summed E-state index contributed by atoms with van der Waals surface area (Å²) in [5.74, 6) is 2.48. The summed E-state index contributed by atoms with van der Waals surface area (Å²) < 4.78 is 11.3. The summed E-state index contributed by atoms with van der Waals surface area (Å²) in [5.41, 5.74) is 0.498. The number of ether oxygens (including phenoxy) is 2. The molecule has 4 aliphatic carbocycles. The van der Waals surface area contributed by atoms with Crippen LogP contribution in [0.3, 0.4) is 0 Å². The molecule has 2 N–H and O–H groups in total. The van der Waals surface area contributed by atoms with Gasteiger partial charge in [0.15, 0.2) is 0 Å². The average Bonchev–Trinajstić information content (AvgIpc) is 3.14. The molecule has 38 heavy (non-hydrogen) atoms. The summed E-state index contributed by atoms with van der Waals surface area (Å²) in [7, 11) is 0. The minimum absolute atomic E-state index is 0.0223. The van der Waals surface area contributed by atoms with E-state index in [4.69, 9.17) is 9.47 Å². The van der Waals surface area contributed by atoms with E-state index in [0.29, 0.717) is 17.3 Å². The van der Waals surface area contributed by atoms with E-state index in [0.717, 1.165) is 49.5 Å². The van der Waals surface area contributed by atoms with Crippen molar-refractivity contribution >= 4 is 5.97 Å². The second-order valence-corrected chi connectivity index (χ2v) is 14.6. The highest BCUT2D eigenvalue weighted by atomic mass is 16.6. The van der Waals surface area contributed by atoms with Crippen molar-refractivity contribution in [3.8, 4) is 0 Å². The van der Waals surface area contributed by atoms with Crippen molar-refractivity contribution in [1.29, 1.82) is 0 Å². The fourth-order valence-corrected chi connectivity index (χ4v) is 8.79. The van der Waals surface area contributed by atoms with Crippen LogP contribution in [0.2, 0.25) is 0 Å². The first-order chi connectivity index (χ1) is 17.6. The molecule has 0 spiro atoms. The Morgan fingerprint density at radius 3 is 2.34 bits per heavy atom. The van der Waals surface area contributed by atoms with Gasteiger partial charge in [0.2, 0.25) is 0 Å². The molecule has 0 aromatic rings. The molecule has 0 aliphatic heterocycles. The third-order valence-electron chi connectivity index (χ3n) is 10.5. The molecule has 5 nitrogen and oxygen atoms in total. The van der Waals surface area contributed by atoms with Crippen LogP contribution in [0.25, 0.3) is 0 Å². The normalized spacial score (nSPS) is 38.7. The quantitative estimate of drug-likeness (QED) is 0.266. The van der Waals surface area contributed by atoms with Crippen LogP contribution < -0.4 is 0 Å². The number of aliphatic hydroxyl groups is 2. The summed E-state index contributed by atoms with van der Waals surface area (Å²) >= 11 is 0. The molecule has 220 valence electrons. The monoisotopic (exact) mass is 534 g/mol. The predicted octanol–water partition coefficient (Wildman–Crippen LogP) is 7.23. The van der Waals surface area contributed by atoms with Crippen LogP contribution in [-0.4, -0.2) is 46.2 Å². The predicted molar refractivity (Wildman–Crippen MR) is 154 cm³/mol. The van der Waals surface area contributed by atoms with Gasteiger partial charge in [0.25, 0.3) is 0 Å². The summed E-state index contributed by atoms with van der Waals surface area (Å²) in [4.78, 5) is 12.2. The highest BCUT2D eigenvalue weighted by molar-refractivity contribution is 5.71. The van der Waals surface area contributed by atoms with Crippen LogP contribution >= 0.6 is 0 Å². The minimum atomic E-state index is -0.640. The Morgan fingerprint density at radius 1 is 1.03 bits per heavy atom. The zero-order chi connectivity index (χ0) is 28.5. The van der Waals surface area contributed by atoms with Gasteiger partial charge in [0.05, 0.1) is 11.7 Å². The van der Waals surface area contributed by atoms with Crippen molar-refractivity contribution in [1.82, 2.24) is 0 Å². The molecule has 0 saturated heterocycles. The summed E-state index contributed by atoms with van der Waals surface area (Å²) in [6.07, 6.45) is 12.6. The molecular weight excluding hydrogens is 476 g/mol. The summed E-state index contributed by atoms with van der Waals surface area (Å²) in [5, 5.41) is 21.5. The lowest BCUT2D eigenvalue weighted by Gasteiger charge is -2.59. The fourth-order valence-electron chi connectivity index (χ4n) is 8.79. The SMILES string of the molecule is CC.CC(C)(O)CCCC1CCC2C3CC=C4C(O)[C@@H](OCC(=O)OC(C)(C)C)CCC4(C)C3CCC12C. The highest BCUT2D eigenvalue weighted by Crippen LogP contribution is 2.66.